The summed E-state index contributed by atoms with van der Waals surface area (Å²) in [6.45, 7) is 16.1. The van der Waals surface area contributed by atoms with Crippen molar-refractivity contribution < 1.29 is 9.84 Å². The molecule has 0 aliphatic heterocycles. The van der Waals surface area contributed by atoms with E-state index < -0.39 is 0 Å². The Morgan fingerprint density at radius 2 is 1.42 bits per heavy atom. The Bertz CT molecular complexity index is 560. The predicted molar refractivity (Wildman–Crippen MR) is 107 cm³/mol. The van der Waals surface area contributed by atoms with Crippen molar-refractivity contribution in [3.05, 3.63) is 58.7 Å². The summed E-state index contributed by atoms with van der Waals surface area (Å²) in [6.07, 6.45) is 1.09. The SMILES string of the molecule is CC.CC.CCc1ccc(OC)c(C)c1.Cc1ccc(C)c(O)c1. The number of phenols is 1. The number of aromatic hydroxyl groups is 1. The van der Waals surface area contributed by atoms with Crippen LogP contribution in [0, 0.1) is 20.8 Å². The van der Waals surface area contributed by atoms with Gasteiger partial charge in [0.15, 0.2) is 0 Å². The Balaban J connectivity index is 0. The molecule has 2 aromatic rings. The lowest BCUT2D eigenvalue weighted by Crippen LogP contribution is -1.88. The summed E-state index contributed by atoms with van der Waals surface area (Å²) in [7, 11) is 1.70. The molecule has 0 aromatic heterocycles. The number of rotatable bonds is 2. The van der Waals surface area contributed by atoms with Crippen LogP contribution in [0.5, 0.6) is 11.5 Å². The van der Waals surface area contributed by atoms with Crippen molar-refractivity contribution in [1.82, 2.24) is 0 Å². The maximum atomic E-state index is 9.10. The smallest absolute Gasteiger partial charge is 0.121 e. The highest BCUT2D eigenvalue weighted by molar-refractivity contribution is 5.36. The summed E-state index contributed by atoms with van der Waals surface area (Å²) < 4.78 is 5.14. The average Bonchev–Trinajstić information content (AvgIpc) is 2.62. The third-order valence-electron chi connectivity index (χ3n) is 3.23. The quantitative estimate of drug-likeness (QED) is 0.669. The second kappa shape index (κ2) is 14.6. The number of ether oxygens (including phenoxy) is 1. The van der Waals surface area contributed by atoms with Gasteiger partial charge in [0, 0.05) is 0 Å². The summed E-state index contributed by atoms with van der Waals surface area (Å²) in [4.78, 5) is 0. The zero-order valence-electron chi connectivity index (χ0n) is 17.0. The zero-order chi connectivity index (χ0) is 19.1. The molecule has 24 heavy (non-hydrogen) atoms. The van der Waals surface area contributed by atoms with E-state index in [9.17, 15) is 0 Å². The molecular formula is C22H36O2. The summed E-state index contributed by atoms with van der Waals surface area (Å²) >= 11 is 0. The average molecular weight is 333 g/mol. The van der Waals surface area contributed by atoms with Crippen LogP contribution in [0.2, 0.25) is 0 Å². The summed E-state index contributed by atoms with van der Waals surface area (Å²) in [5, 5.41) is 9.10. The highest BCUT2D eigenvalue weighted by Crippen LogP contribution is 2.18. The van der Waals surface area contributed by atoms with Crippen molar-refractivity contribution in [1.29, 1.82) is 0 Å². The normalized spacial score (nSPS) is 8.54. The molecule has 0 saturated heterocycles. The fourth-order valence-corrected chi connectivity index (χ4v) is 1.88. The van der Waals surface area contributed by atoms with Gasteiger partial charge in [-0.3, -0.25) is 0 Å². The van der Waals surface area contributed by atoms with Crippen LogP contribution in [0.4, 0.5) is 0 Å². The lowest BCUT2D eigenvalue weighted by Gasteiger charge is -2.05. The van der Waals surface area contributed by atoms with Gasteiger partial charge in [-0.25, -0.2) is 0 Å². The topological polar surface area (TPSA) is 29.5 Å². The van der Waals surface area contributed by atoms with E-state index in [0.717, 1.165) is 23.3 Å². The van der Waals surface area contributed by atoms with Crippen molar-refractivity contribution in [2.45, 2.75) is 61.8 Å². The van der Waals surface area contributed by atoms with Crippen LogP contribution >= 0.6 is 0 Å². The Morgan fingerprint density at radius 3 is 1.79 bits per heavy atom. The van der Waals surface area contributed by atoms with E-state index in [2.05, 4.69) is 26.0 Å². The van der Waals surface area contributed by atoms with Gasteiger partial charge in [0.05, 0.1) is 7.11 Å². The van der Waals surface area contributed by atoms with Crippen LogP contribution in [-0.2, 0) is 6.42 Å². The van der Waals surface area contributed by atoms with E-state index in [4.69, 9.17) is 9.84 Å². The first-order valence-electron chi connectivity index (χ1n) is 8.87. The van der Waals surface area contributed by atoms with E-state index in [1.54, 1.807) is 13.2 Å². The lowest BCUT2D eigenvalue weighted by atomic mass is 10.1. The summed E-state index contributed by atoms with van der Waals surface area (Å²) in [5.41, 5.74) is 4.61. The van der Waals surface area contributed by atoms with Crippen molar-refractivity contribution in [2.24, 2.45) is 0 Å². The van der Waals surface area contributed by atoms with Crippen molar-refractivity contribution in [2.75, 3.05) is 7.11 Å². The first kappa shape index (κ1) is 24.3. The molecule has 0 radical (unpaired) electrons. The minimum atomic E-state index is 0.384. The lowest BCUT2D eigenvalue weighted by molar-refractivity contribution is 0.411. The summed E-state index contributed by atoms with van der Waals surface area (Å²) in [5.74, 6) is 1.36. The van der Waals surface area contributed by atoms with Crippen molar-refractivity contribution >= 4 is 0 Å². The fraction of sp³-hybridized carbons (Fsp3) is 0.455. The monoisotopic (exact) mass is 332 g/mol. The Morgan fingerprint density at radius 1 is 0.833 bits per heavy atom. The molecule has 0 aliphatic rings. The molecule has 2 rings (SSSR count). The van der Waals surface area contributed by atoms with Gasteiger partial charge in [-0.15, -0.1) is 0 Å². The van der Waals surface area contributed by atoms with Crippen LogP contribution < -0.4 is 4.74 Å². The second-order valence-corrected chi connectivity index (χ2v) is 4.95. The van der Waals surface area contributed by atoms with Crippen LogP contribution in [0.3, 0.4) is 0 Å². The highest BCUT2D eigenvalue weighted by atomic mass is 16.5. The molecule has 2 aromatic carbocycles. The van der Waals surface area contributed by atoms with E-state index in [1.807, 2.05) is 59.7 Å². The minimum absolute atomic E-state index is 0.384. The second-order valence-electron chi connectivity index (χ2n) is 4.95. The van der Waals surface area contributed by atoms with Gasteiger partial charge in [-0.1, -0.05) is 58.9 Å². The largest absolute Gasteiger partial charge is 0.508 e. The number of phenolic OH excluding ortho intramolecular Hbond substituents is 1. The van der Waals surface area contributed by atoms with Crippen LogP contribution in [-0.4, -0.2) is 12.2 Å². The van der Waals surface area contributed by atoms with Gasteiger partial charge in [0.25, 0.3) is 0 Å². The molecule has 0 fully saturated rings. The molecule has 0 spiro atoms. The Labute approximate surface area is 149 Å². The fourth-order valence-electron chi connectivity index (χ4n) is 1.88. The van der Waals surface area contributed by atoms with Crippen LogP contribution in [0.1, 0.15) is 56.9 Å². The molecule has 0 amide bonds. The number of methoxy groups -OCH3 is 1. The van der Waals surface area contributed by atoms with Gasteiger partial charge in [-0.2, -0.15) is 0 Å². The maximum Gasteiger partial charge on any atom is 0.121 e. The van der Waals surface area contributed by atoms with E-state index in [1.165, 1.54) is 11.1 Å². The first-order chi connectivity index (χ1) is 11.5. The number of hydrogen-bond donors (Lipinski definition) is 1. The third-order valence-corrected chi connectivity index (χ3v) is 3.23. The number of benzene rings is 2. The zero-order valence-corrected chi connectivity index (χ0v) is 17.0. The van der Waals surface area contributed by atoms with E-state index >= 15 is 0 Å². The molecule has 0 saturated carbocycles. The van der Waals surface area contributed by atoms with Gasteiger partial charge in [-0.05, 0) is 61.6 Å². The standard InChI is InChI=1S/C10H14O.C8H10O.2C2H6/c1-4-9-5-6-10(11-3)8(2)7-9;1-6-3-4-7(2)8(9)5-6;2*1-2/h5-7H,4H2,1-3H3;3-5,9H,1-2H3;2*1-2H3. The third kappa shape index (κ3) is 9.24. The molecule has 0 atom stereocenters. The summed E-state index contributed by atoms with van der Waals surface area (Å²) in [6, 6.07) is 11.9. The minimum Gasteiger partial charge on any atom is -0.508 e. The molecule has 0 heterocycles. The molecule has 0 bridgehead atoms. The number of hydrogen-bond acceptors (Lipinski definition) is 2. The Hall–Kier alpha value is -1.96. The van der Waals surface area contributed by atoms with Gasteiger partial charge < -0.3 is 9.84 Å². The molecule has 1 N–H and O–H groups in total. The molecule has 2 heteroatoms. The van der Waals surface area contributed by atoms with E-state index in [0.29, 0.717) is 5.75 Å². The molecule has 0 unspecified atom stereocenters. The molecule has 0 aliphatic carbocycles. The van der Waals surface area contributed by atoms with Gasteiger partial charge >= 0.3 is 0 Å². The van der Waals surface area contributed by atoms with Crippen LogP contribution in [0.25, 0.3) is 0 Å². The molecular weight excluding hydrogens is 296 g/mol. The highest BCUT2D eigenvalue weighted by Gasteiger charge is 1.96. The first-order valence-corrected chi connectivity index (χ1v) is 8.87. The van der Waals surface area contributed by atoms with Crippen molar-refractivity contribution in [3.8, 4) is 11.5 Å². The van der Waals surface area contributed by atoms with Gasteiger partial charge in [0.2, 0.25) is 0 Å². The van der Waals surface area contributed by atoms with Gasteiger partial charge in [0.1, 0.15) is 11.5 Å². The van der Waals surface area contributed by atoms with Crippen LogP contribution in [0.15, 0.2) is 36.4 Å². The molecule has 2 nitrogen and oxygen atoms in total. The van der Waals surface area contributed by atoms with E-state index in [-0.39, 0.29) is 0 Å². The maximum absolute atomic E-state index is 9.10. The molecule has 136 valence electrons. The Kier molecular flexibility index (Phi) is 14.8. The predicted octanol–water partition coefficient (Wildman–Crippen LogP) is 6.63. The van der Waals surface area contributed by atoms with Crippen molar-refractivity contribution in [3.63, 3.8) is 0 Å². The number of aryl methyl sites for hydroxylation is 4.